The Kier molecular flexibility index (Phi) is 4.92. The zero-order chi connectivity index (χ0) is 17.1. The molecule has 0 aliphatic carbocycles. The minimum absolute atomic E-state index is 0.0998. The van der Waals surface area contributed by atoms with Crippen molar-refractivity contribution < 1.29 is 9.21 Å². The number of benzene rings is 1. The fraction of sp³-hybridized carbons (Fsp3) is 0.278. The summed E-state index contributed by atoms with van der Waals surface area (Å²) in [5.41, 5.74) is 3.28. The van der Waals surface area contributed by atoms with Gasteiger partial charge in [-0.2, -0.15) is 0 Å². The summed E-state index contributed by atoms with van der Waals surface area (Å²) >= 11 is 5.95. The lowest BCUT2D eigenvalue weighted by molar-refractivity contribution is 0.0942. The summed E-state index contributed by atoms with van der Waals surface area (Å²) in [4.78, 5) is 14.6. The van der Waals surface area contributed by atoms with Gasteiger partial charge in [-0.15, -0.1) is 0 Å². The first-order chi connectivity index (χ1) is 11.5. The van der Waals surface area contributed by atoms with Gasteiger partial charge < -0.3 is 19.2 Å². The second kappa shape index (κ2) is 7.11. The second-order valence-corrected chi connectivity index (χ2v) is 6.41. The van der Waals surface area contributed by atoms with Crippen LogP contribution in [0.5, 0.6) is 0 Å². The SMILES string of the molecule is CN(C)CCNC(=O)c1cc2occc2n1Cc1ccc(Cl)cc1. The van der Waals surface area contributed by atoms with Crippen LogP contribution in [0, 0.1) is 0 Å². The number of carbonyl (C=O) groups is 1. The van der Waals surface area contributed by atoms with E-state index in [4.69, 9.17) is 16.0 Å². The Morgan fingerprint density at radius 2 is 2.00 bits per heavy atom. The number of carbonyl (C=O) groups excluding carboxylic acids is 1. The average Bonchev–Trinajstić information content (AvgIpc) is 3.11. The molecule has 0 bridgehead atoms. The molecule has 126 valence electrons. The van der Waals surface area contributed by atoms with Crippen LogP contribution in [-0.4, -0.2) is 42.6 Å². The molecule has 0 aliphatic rings. The van der Waals surface area contributed by atoms with Gasteiger partial charge >= 0.3 is 0 Å². The minimum atomic E-state index is -0.0998. The van der Waals surface area contributed by atoms with E-state index in [9.17, 15) is 4.79 Å². The Morgan fingerprint density at radius 3 is 2.71 bits per heavy atom. The molecular weight excluding hydrogens is 326 g/mol. The van der Waals surface area contributed by atoms with Crippen molar-refractivity contribution in [3.05, 3.63) is 58.9 Å². The third-order valence-corrected chi connectivity index (χ3v) is 4.11. The number of amides is 1. The van der Waals surface area contributed by atoms with E-state index in [1.165, 1.54) is 0 Å². The van der Waals surface area contributed by atoms with Crippen molar-refractivity contribution in [1.29, 1.82) is 0 Å². The quantitative estimate of drug-likeness (QED) is 0.746. The van der Waals surface area contributed by atoms with Crippen molar-refractivity contribution in [3.8, 4) is 0 Å². The molecule has 0 saturated carbocycles. The number of hydrogen-bond donors (Lipinski definition) is 1. The normalized spacial score (nSPS) is 11.3. The van der Waals surface area contributed by atoms with Crippen LogP contribution < -0.4 is 5.32 Å². The number of nitrogens with zero attached hydrogens (tertiary/aromatic N) is 2. The van der Waals surface area contributed by atoms with Gasteiger partial charge in [0.15, 0.2) is 5.58 Å². The first-order valence-electron chi connectivity index (χ1n) is 7.78. The van der Waals surface area contributed by atoms with Crippen molar-refractivity contribution >= 4 is 28.6 Å². The number of nitrogens with one attached hydrogen (secondary N) is 1. The van der Waals surface area contributed by atoms with Crippen LogP contribution in [0.25, 0.3) is 11.1 Å². The molecule has 3 aromatic rings. The largest absolute Gasteiger partial charge is 0.463 e. The number of rotatable bonds is 6. The molecule has 0 atom stereocenters. The van der Waals surface area contributed by atoms with E-state index >= 15 is 0 Å². The molecule has 1 amide bonds. The Balaban J connectivity index is 1.86. The molecule has 5 nitrogen and oxygen atoms in total. The lowest BCUT2D eigenvalue weighted by Crippen LogP contribution is -2.32. The van der Waals surface area contributed by atoms with Gasteiger partial charge in [-0.3, -0.25) is 4.79 Å². The van der Waals surface area contributed by atoms with Crippen molar-refractivity contribution in [2.24, 2.45) is 0 Å². The van der Waals surface area contributed by atoms with Gasteiger partial charge in [0.2, 0.25) is 0 Å². The summed E-state index contributed by atoms with van der Waals surface area (Å²) in [6, 6.07) is 11.3. The molecule has 1 N–H and O–H groups in total. The van der Waals surface area contributed by atoms with Crippen LogP contribution in [0.2, 0.25) is 5.02 Å². The summed E-state index contributed by atoms with van der Waals surface area (Å²) in [7, 11) is 3.95. The van der Waals surface area contributed by atoms with Crippen LogP contribution >= 0.6 is 11.6 Å². The standard InChI is InChI=1S/C18H20ClN3O2/c1-21(2)9-8-20-18(23)16-11-17-15(7-10-24-17)22(16)12-13-3-5-14(19)6-4-13/h3-7,10-11H,8-9,12H2,1-2H3,(H,20,23). The van der Waals surface area contributed by atoms with Crippen LogP contribution in [0.1, 0.15) is 16.1 Å². The van der Waals surface area contributed by atoms with E-state index in [2.05, 4.69) is 5.32 Å². The minimum Gasteiger partial charge on any atom is -0.463 e. The number of aromatic nitrogens is 1. The van der Waals surface area contributed by atoms with E-state index in [0.717, 1.165) is 17.6 Å². The maximum absolute atomic E-state index is 12.5. The van der Waals surface area contributed by atoms with Gasteiger partial charge in [0.05, 0.1) is 11.8 Å². The zero-order valence-corrected chi connectivity index (χ0v) is 14.5. The van der Waals surface area contributed by atoms with Gasteiger partial charge in [-0.25, -0.2) is 0 Å². The highest BCUT2D eigenvalue weighted by atomic mass is 35.5. The molecule has 0 fully saturated rings. The number of likely N-dealkylation sites (N-methyl/N-ethyl adjacent to an activating group) is 1. The van der Waals surface area contributed by atoms with Crippen molar-refractivity contribution in [3.63, 3.8) is 0 Å². The molecule has 2 aromatic heterocycles. The molecule has 0 radical (unpaired) electrons. The third-order valence-electron chi connectivity index (χ3n) is 3.85. The van der Waals surface area contributed by atoms with E-state index < -0.39 is 0 Å². The Hall–Kier alpha value is -2.24. The number of fused-ring (bicyclic) bond motifs is 1. The molecule has 1 aromatic carbocycles. The summed E-state index contributed by atoms with van der Waals surface area (Å²) in [6.07, 6.45) is 1.64. The van der Waals surface area contributed by atoms with Crippen LogP contribution in [0.4, 0.5) is 0 Å². The maximum Gasteiger partial charge on any atom is 0.268 e. The summed E-state index contributed by atoms with van der Waals surface area (Å²) in [6.45, 7) is 1.97. The fourth-order valence-electron chi connectivity index (χ4n) is 2.59. The summed E-state index contributed by atoms with van der Waals surface area (Å²) in [5, 5.41) is 3.65. The van der Waals surface area contributed by atoms with Crippen LogP contribution in [0.15, 0.2) is 47.1 Å². The van der Waals surface area contributed by atoms with E-state index in [1.54, 1.807) is 12.3 Å². The zero-order valence-electron chi connectivity index (χ0n) is 13.8. The molecule has 0 spiro atoms. The maximum atomic E-state index is 12.5. The number of furan rings is 1. The lowest BCUT2D eigenvalue weighted by Gasteiger charge is -2.13. The molecular formula is C18H20ClN3O2. The van der Waals surface area contributed by atoms with Crippen LogP contribution in [0.3, 0.4) is 0 Å². The third kappa shape index (κ3) is 3.63. The highest BCUT2D eigenvalue weighted by molar-refractivity contribution is 6.30. The monoisotopic (exact) mass is 345 g/mol. The second-order valence-electron chi connectivity index (χ2n) is 5.97. The molecule has 0 unspecified atom stereocenters. The van der Waals surface area contributed by atoms with Gasteiger partial charge in [-0.1, -0.05) is 23.7 Å². The van der Waals surface area contributed by atoms with E-state index in [1.807, 2.05) is 53.9 Å². The molecule has 24 heavy (non-hydrogen) atoms. The lowest BCUT2D eigenvalue weighted by atomic mass is 10.2. The average molecular weight is 346 g/mol. The summed E-state index contributed by atoms with van der Waals surface area (Å²) < 4.78 is 7.42. The Morgan fingerprint density at radius 1 is 1.25 bits per heavy atom. The first-order valence-corrected chi connectivity index (χ1v) is 8.16. The molecule has 0 saturated heterocycles. The predicted molar refractivity (Wildman–Crippen MR) is 95.6 cm³/mol. The first kappa shape index (κ1) is 16.6. The summed E-state index contributed by atoms with van der Waals surface area (Å²) in [5.74, 6) is -0.0998. The molecule has 0 aliphatic heterocycles. The Bertz CT molecular complexity index is 834. The molecule has 3 rings (SSSR count). The van der Waals surface area contributed by atoms with Gasteiger partial charge in [0.1, 0.15) is 5.69 Å². The van der Waals surface area contributed by atoms with Crippen molar-refractivity contribution in [2.75, 3.05) is 27.2 Å². The molecule has 2 heterocycles. The van der Waals surface area contributed by atoms with Gasteiger partial charge in [0, 0.05) is 36.8 Å². The highest BCUT2D eigenvalue weighted by Gasteiger charge is 2.17. The van der Waals surface area contributed by atoms with Crippen molar-refractivity contribution in [1.82, 2.24) is 14.8 Å². The van der Waals surface area contributed by atoms with Gasteiger partial charge in [-0.05, 0) is 31.8 Å². The number of halogens is 1. The predicted octanol–water partition coefficient (Wildman–Crippen LogP) is 3.23. The van der Waals surface area contributed by atoms with E-state index in [0.29, 0.717) is 29.4 Å². The smallest absolute Gasteiger partial charge is 0.268 e. The van der Waals surface area contributed by atoms with Gasteiger partial charge in [0.25, 0.3) is 5.91 Å². The van der Waals surface area contributed by atoms with Crippen molar-refractivity contribution in [2.45, 2.75) is 6.54 Å². The Labute approximate surface area is 145 Å². The highest BCUT2D eigenvalue weighted by Crippen LogP contribution is 2.23. The topological polar surface area (TPSA) is 50.4 Å². The number of hydrogen-bond acceptors (Lipinski definition) is 3. The molecule has 6 heteroatoms. The van der Waals surface area contributed by atoms with Crippen LogP contribution in [-0.2, 0) is 6.54 Å². The fourth-order valence-corrected chi connectivity index (χ4v) is 2.72. The van der Waals surface area contributed by atoms with E-state index in [-0.39, 0.29) is 5.91 Å².